The lowest BCUT2D eigenvalue weighted by Crippen LogP contribution is -2.21. The van der Waals surface area contributed by atoms with Crippen LogP contribution in [0.4, 0.5) is 0 Å². The van der Waals surface area contributed by atoms with Crippen molar-refractivity contribution in [2.75, 3.05) is 6.54 Å². The number of rotatable bonds is 6. The maximum Gasteiger partial charge on any atom is 0.0951 e. The molecule has 0 radical (unpaired) electrons. The molecular weight excluding hydrogens is 214 g/mol. The van der Waals surface area contributed by atoms with Gasteiger partial charge in [-0.3, -0.25) is 4.68 Å². The van der Waals surface area contributed by atoms with Crippen molar-refractivity contribution in [2.45, 2.75) is 32.0 Å². The van der Waals surface area contributed by atoms with E-state index >= 15 is 0 Å². The molecule has 0 unspecified atom stereocenters. The Bertz CT molecular complexity index is 455. The minimum atomic E-state index is 0.709. The molecule has 0 spiro atoms. The standard InChI is InChI=1S/C12H17N5/c1-4-15-16(6-1)7-5-13-8-12-9-14-10-17(12)11-2-3-11/h1,4,6,9-11,13H,2-3,5,7-8H2. The third-order valence-electron chi connectivity index (χ3n) is 3.07. The Morgan fingerprint density at radius 1 is 1.41 bits per heavy atom. The summed E-state index contributed by atoms with van der Waals surface area (Å²) >= 11 is 0. The van der Waals surface area contributed by atoms with Crippen LogP contribution in [-0.4, -0.2) is 25.9 Å². The zero-order valence-electron chi connectivity index (χ0n) is 9.79. The van der Waals surface area contributed by atoms with Crippen LogP contribution in [0.2, 0.25) is 0 Å². The zero-order chi connectivity index (χ0) is 11.5. The van der Waals surface area contributed by atoms with Gasteiger partial charge in [0.1, 0.15) is 0 Å². The van der Waals surface area contributed by atoms with Gasteiger partial charge in [0.25, 0.3) is 0 Å². The molecule has 90 valence electrons. The van der Waals surface area contributed by atoms with Crippen LogP contribution in [0.1, 0.15) is 24.6 Å². The van der Waals surface area contributed by atoms with E-state index in [0.717, 1.165) is 19.6 Å². The summed E-state index contributed by atoms with van der Waals surface area (Å²) in [4.78, 5) is 4.22. The quantitative estimate of drug-likeness (QED) is 0.760. The molecule has 2 aromatic heterocycles. The van der Waals surface area contributed by atoms with Gasteiger partial charge in [-0.25, -0.2) is 4.98 Å². The first-order chi connectivity index (χ1) is 8.43. The SMILES string of the molecule is c1cnn(CCNCc2cncn2C2CC2)c1. The summed E-state index contributed by atoms with van der Waals surface area (Å²) in [7, 11) is 0. The summed E-state index contributed by atoms with van der Waals surface area (Å²) in [6.07, 6.45) is 10.3. The van der Waals surface area contributed by atoms with Gasteiger partial charge in [0.05, 0.1) is 18.6 Å². The van der Waals surface area contributed by atoms with Crippen molar-refractivity contribution in [3.63, 3.8) is 0 Å². The number of nitrogens with zero attached hydrogens (tertiary/aromatic N) is 4. The first kappa shape index (κ1) is 10.5. The molecule has 1 N–H and O–H groups in total. The minimum absolute atomic E-state index is 0.709. The van der Waals surface area contributed by atoms with Gasteiger partial charge in [-0.15, -0.1) is 0 Å². The van der Waals surface area contributed by atoms with E-state index < -0.39 is 0 Å². The van der Waals surface area contributed by atoms with Crippen molar-refractivity contribution in [3.05, 3.63) is 36.7 Å². The average molecular weight is 231 g/mol. The Balaban J connectivity index is 1.46. The van der Waals surface area contributed by atoms with Crippen LogP contribution in [0.3, 0.4) is 0 Å². The van der Waals surface area contributed by atoms with Crippen LogP contribution in [0.5, 0.6) is 0 Å². The van der Waals surface area contributed by atoms with Crippen LogP contribution in [0.15, 0.2) is 31.0 Å². The number of imidazole rings is 1. The van der Waals surface area contributed by atoms with E-state index in [1.807, 2.05) is 35.7 Å². The predicted octanol–water partition coefficient (Wildman–Crippen LogP) is 1.20. The lowest BCUT2D eigenvalue weighted by atomic mass is 10.4. The Kier molecular flexibility index (Phi) is 2.92. The highest BCUT2D eigenvalue weighted by atomic mass is 15.3. The van der Waals surface area contributed by atoms with Crippen LogP contribution < -0.4 is 5.32 Å². The molecule has 0 aliphatic heterocycles. The third-order valence-corrected chi connectivity index (χ3v) is 3.07. The molecule has 0 bridgehead atoms. The molecule has 3 rings (SSSR count). The maximum atomic E-state index is 4.22. The van der Waals surface area contributed by atoms with Gasteiger partial charge in [0.2, 0.25) is 0 Å². The smallest absolute Gasteiger partial charge is 0.0951 e. The topological polar surface area (TPSA) is 47.7 Å². The van der Waals surface area contributed by atoms with E-state index in [0.29, 0.717) is 6.04 Å². The second-order valence-corrected chi connectivity index (χ2v) is 4.47. The van der Waals surface area contributed by atoms with Gasteiger partial charge in [0, 0.05) is 37.7 Å². The van der Waals surface area contributed by atoms with Crippen molar-refractivity contribution >= 4 is 0 Å². The van der Waals surface area contributed by atoms with Crippen molar-refractivity contribution in [1.82, 2.24) is 24.6 Å². The molecular formula is C12H17N5. The lowest BCUT2D eigenvalue weighted by Gasteiger charge is -2.08. The van der Waals surface area contributed by atoms with Crippen LogP contribution in [0, 0.1) is 0 Å². The lowest BCUT2D eigenvalue weighted by molar-refractivity contribution is 0.541. The second-order valence-electron chi connectivity index (χ2n) is 4.47. The molecule has 5 heteroatoms. The fraction of sp³-hybridized carbons (Fsp3) is 0.500. The minimum Gasteiger partial charge on any atom is -0.330 e. The fourth-order valence-electron chi connectivity index (χ4n) is 1.99. The predicted molar refractivity (Wildman–Crippen MR) is 64.4 cm³/mol. The summed E-state index contributed by atoms with van der Waals surface area (Å²) in [5.74, 6) is 0. The van der Waals surface area contributed by atoms with E-state index in [-0.39, 0.29) is 0 Å². The van der Waals surface area contributed by atoms with Gasteiger partial charge >= 0.3 is 0 Å². The van der Waals surface area contributed by atoms with E-state index in [4.69, 9.17) is 0 Å². The van der Waals surface area contributed by atoms with Gasteiger partial charge < -0.3 is 9.88 Å². The highest BCUT2D eigenvalue weighted by Gasteiger charge is 2.24. The number of hydrogen-bond donors (Lipinski definition) is 1. The summed E-state index contributed by atoms with van der Waals surface area (Å²) in [5.41, 5.74) is 1.29. The molecule has 1 saturated carbocycles. The molecule has 0 atom stereocenters. The Morgan fingerprint density at radius 3 is 3.12 bits per heavy atom. The molecule has 0 aromatic carbocycles. The Hall–Kier alpha value is -1.62. The van der Waals surface area contributed by atoms with E-state index in [9.17, 15) is 0 Å². The van der Waals surface area contributed by atoms with Crippen molar-refractivity contribution < 1.29 is 0 Å². The van der Waals surface area contributed by atoms with Crippen molar-refractivity contribution in [2.24, 2.45) is 0 Å². The van der Waals surface area contributed by atoms with Gasteiger partial charge in [0.15, 0.2) is 0 Å². The molecule has 0 amide bonds. The number of aromatic nitrogens is 4. The highest BCUT2D eigenvalue weighted by Crippen LogP contribution is 2.35. The number of nitrogens with one attached hydrogen (secondary N) is 1. The first-order valence-corrected chi connectivity index (χ1v) is 6.12. The van der Waals surface area contributed by atoms with Crippen LogP contribution >= 0.6 is 0 Å². The summed E-state index contributed by atoms with van der Waals surface area (Å²) in [5, 5.41) is 7.59. The van der Waals surface area contributed by atoms with E-state index in [2.05, 4.69) is 20.0 Å². The van der Waals surface area contributed by atoms with Crippen molar-refractivity contribution in [3.8, 4) is 0 Å². The molecule has 1 aliphatic carbocycles. The van der Waals surface area contributed by atoms with Crippen molar-refractivity contribution in [1.29, 1.82) is 0 Å². The van der Waals surface area contributed by atoms with E-state index in [1.54, 1.807) is 0 Å². The monoisotopic (exact) mass is 231 g/mol. The van der Waals surface area contributed by atoms with Gasteiger partial charge in [-0.1, -0.05) is 0 Å². The largest absolute Gasteiger partial charge is 0.330 e. The van der Waals surface area contributed by atoms with Crippen LogP contribution in [0.25, 0.3) is 0 Å². The molecule has 1 aliphatic rings. The third kappa shape index (κ3) is 2.55. The highest BCUT2D eigenvalue weighted by molar-refractivity contribution is 5.03. The average Bonchev–Trinajstić information content (AvgIpc) is 2.89. The first-order valence-electron chi connectivity index (χ1n) is 6.12. The fourth-order valence-corrected chi connectivity index (χ4v) is 1.99. The van der Waals surface area contributed by atoms with Crippen LogP contribution in [-0.2, 0) is 13.1 Å². The molecule has 5 nitrogen and oxygen atoms in total. The van der Waals surface area contributed by atoms with Gasteiger partial charge in [-0.05, 0) is 18.9 Å². The molecule has 0 saturated heterocycles. The second kappa shape index (κ2) is 4.71. The summed E-state index contributed by atoms with van der Waals surface area (Å²) in [6, 6.07) is 2.66. The van der Waals surface area contributed by atoms with E-state index in [1.165, 1.54) is 18.5 Å². The molecule has 1 fully saturated rings. The zero-order valence-corrected chi connectivity index (χ0v) is 9.79. The summed E-state index contributed by atoms with van der Waals surface area (Å²) < 4.78 is 4.23. The normalized spacial score (nSPS) is 15.3. The number of hydrogen-bond acceptors (Lipinski definition) is 3. The molecule has 17 heavy (non-hydrogen) atoms. The molecule has 2 heterocycles. The molecule has 2 aromatic rings. The maximum absolute atomic E-state index is 4.22. The van der Waals surface area contributed by atoms with Gasteiger partial charge in [-0.2, -0.15) is 5.10 Å². The Morgan fingerprint density at radius 2 is 2.35 bits per heavy atom. The Labute approximate surface area is 100 Å². The summed E-state index contributed by atoms with van der Waals surface area (Å²) in [6.45, 7) is 2.72.